The molecule has 1 fully saturated rings. The molecule has 0 aliphatic carbocycles. The summed E-state index contributed by atoms with van der Waals surface area (Å²) in [6.07, 6.45) is 5.66. The third-order valence-electron chi connectivity index (χ3n) is 3.23. The van der Waals surface area contributed by atoms with Gasteiger partial charge >= 0.3 is 0 Å². The molecule has 0 aromatic rings. The first kappa shape index (κ1) is 13.5. The fourth-order valence-electron chi connectivity index (χ4n) is 2.05. The number of nitrogens with two attached hydrogens (primary N) is 1. The predicted molar refractivity (Wildman–Crippen MR) is 64.1 cm³/mol. The maximum atomic E-state index is 11.9. The van der Waals surface area contributed by atoms with Crippen LogP contribution in [0.25, 0.3) is 0 Å². The Kier molecular flexibility index (Phi) is 6.42. The van der Waals surface area contributed by atoms with Crippen molar-refractivity contribution in [3.63, 3.8) is 0 Å². The van der Waals surface area contributed by atoms with Crippen LogP contribution < -0.4 is 5.73 Å². The maximum absolute atomic E-state index is 11.9. The quantitative estimate of drug-likeness (QED) is 0.694. The van der Waals surface area contributed by atoms with E-state index in [-0.39, 0.29) is 5.91 Å². The molecule has 1 rings (SSSR count). The van der Waals surface area contributed by atoms with Gasteiger partial charge in [-0.15, -0.1) is 0 Å². The second-order valence-corrected chi connectivity index (χ2v) is 4.45. The minimum absolute atomic E-state index is 0.268. The average molecular weight is 228 g/mol. The molecule has 2 N–H and O–H groups in total. The maximum Gasteiger partial charge on any atom is 0.222 e. The molecule has 1 aliphatic rings. The first-order valence-corrected chi connectivity index (χ1v) is 6.29. The lowest BCUT2D eigenvalue weighted by molar-refractivity contribution is -0.133. The van der Waals surface area contributed by atoms with Gasteiger partial charge in [0, 0.05) is 32.7 Å². The predicted octanol–water partition coefficient (Wildman–Crippen LogP) is 1.14. The van der Waals surface area contributed by atoms with Crippen molar-refractivity contribution >= 4 is 5.91 Å². The molecule has 16 heavy (non-hydrogen) atoms. The third kappa shape index (κ3) is 4.49. The van der Waals surface area contributed by atoms with E-state index in [9.17, 15) is 4.79 Å². The molecule has 1 heterocycles. The third-order valence-corrected chi connectivity index (χ3v) is 3.23. The smallest absolute Gasteiger partial charge is 0.222 e. The van der Waals surface area contributed by atoms with Crippen LogP contribution in [-0.2, 0) is 9.53 Å². The van der Waals surface area contributed by atoms with Crippen LogP contribution in [0.4, 0.5) is 0 Å². The van der Waals surface area contributed by atoms with Crippen molar-refractivity contribution < 1.29 is 9.53 Å². The Morgan fingerprint density at radius 2 is 2.00 bits per heavy atom. The van der Waals surface area contributed by atoms with Gasteiger partial charge in [-0.05, 0) is 32.2 Å². The van der Waals surface area contributed by atoms with Crippen LogP contribution in [0.3, 0.4) is 0 Å². The van der Waals surface area contributed by atoms with E-state index in [4.69, 9.17) is 10.5 Å². The Morgan fingerprint density at radius 3 is 2.62 bits per heavy atom. The molecule has 0 aromatic heterocycles. The molecule has 4 nitrogen and oxygen atoms in total. The summed E-state index contributed by atoms with van der Waals surface area (Å²) in [7, 11) is 1.92. The lowest BCUT2D eigenvalue weighted by atomic mass is 10.1. The summed E-state index contributed by atoms with van der Waals surface area (Å²) in [6.45, 7) is 2.30. The van der Waals surface area contributed by atoms with Crippen LogP contribution in [0, 0.1) is 0 Å². The molecule has 0 atom stereocenters. The number of amides is 1. The van der Waals surface area contributed by atoms with Crippen molar-refractivity contribution in [2.75, 3.05) is 26.8 Å². The molecular weight excluding hydrogens is 204 g/mol. The van der Waals surface area contributed by atoms with Gasteiger partial charge in [-0.2, -0.15) is 0 Å². The molecule has 4 heteroatoms. The number of unbranched alkanes of at least 4 members (excludes halogenated alkanes) is 2. The molecule has 0 aromatic carbocycles. The topological polar surface area (TPSA) is 55.6 Å². The molecular formula is C12H24N2O2. The van der Waals surface area contributed by atoms with E-state index in [1.165, 1.54) is 0 Å². The Labute approximate surface area is 98.1 Å². The Hall–Kier alpha value is -0.610. The van der Waals surface area contributed by atoms with Crippen molar-refractivity contribution in [1.29, 1.82) is 0 Å². The molecule has 1 saturated heterocycles. The standard InChI is InChI=1S/C12H24N2O2/c1-14(11-6-9-16-10-7-11)12(15)5-3-2-4-8-13/h11H,2-10,13H2,1H3. The van der Waals surface area contributed by atoms with E-state index in [1.54, 1.807) is 0 Å². The Bertz CT molecular complexity index is 203. The van der Waals surface area contributed by atoms with Crippen molar-refractivity contribution in [3.05, 3.63) is 0 Å². The van der Waals surface area contributed by atoms with Crippen LogP contribution in [0.1, 0.15) is 38.5 Å². The van der Waals surface area contributed by atoms with E-state index in [2.05, 4.69) is 0 Å². The molecule has 0 saturated carbocycles. The Morgan fingerprint density at radius 1 is 1.31 bits per heavy atom. The van der Waals surface area contributed by atoms with Gasteiger partial charge in [-0.25, -0.2) is 0 Å². The molecule has 94 valence electrons. The number of carbonyl (C=O) groups is 1. The number of ether oxygens (including phenoxy) is 1. The summed E-state index contributed by atoms with van der Waals surface area (Å²) in [5.74, 6) is 0.268. The zero-order valence-corrected chi connectivity index (χ0v) is 10.3. The number of rotatable bonds is 6. The minimum Gasteiger partial charge on any atom is -0.381 e. The molecule has 0 radical (unpaired) electrons. The summed E-state index contributed by atoms with van der Waals surface area (Å²) in [5.41, 5.74) is 5.41. The van der Waals surface area contributed by atoms with Crippen LogP contribution in [0.2, 0.25) is 0 Å². The zero-order valence-electron chi connectivity index (χ0n) is 10.3. The van der Waals surface area contributed by atoms with Crippen molar-refractivity contribution in [1.82, 2.24) is 4.90 Å². The highest BCUT2D eigenvalue weighted by Crippen LogP contribution is 2.14. The summed E-state index contributed by atoms with van der Waals surface area (Å²) >= 11 is 0. The highest BCUT2D eigenvalue weighted by molar-refractivity contribution is 5.76. The molecule has 0 unspecified atom stereocenters. The number of nitrogens with zero attached hydrogens (tertiary/aromatic N) is 1. The van der Waals surface area contributed by atoms with Gasteiger partial charge in [-0.1, -0.05) is 6.42 Å². The lowest BCUT2D eigenvalue weighted by Gasteiger charge is -2.31. The first-order chi connectivity index (χ1) is 7.75. The van der Waals surface area contributed by atoms with Gasteiger partial charge in [-0.3, -0.25) is 4.79 Å². The van der Waals surface area contributed by atoms with E-state index in [0.29, 0.717) is 12.5 Å². The minimum atomic E-state index is 0.268. The Balaban J connectivity index is 2.18. The van der Waals surface area contributed by atoms with Crippen molar-refractivity contribution in [2.45, 2.75) is 44.6 Å². The normalized spacial score (nSPS) is 17.4. The van der Waals surface area contributed by atoms with Crippen LogP contribution in [0.5, 0.6) is 0 Å². The van der Waals surface area contributed by atoms with Crippen LogP contribution >= 0.6 is 0 Å². The number of hydrogen-bond donors (Lipinski definition) is 1. The first-order valence-electron chi connectivity index (χ1n) is 6.29. The molecule has 1 aliphatic heterocycles. The van der Waals surface area contributed by atoms with Gasteiger partial charge < -0.3 is 15.4 Å². The van der Waals surface area contributed by atoms with Gasteiger partial charge in [0.15, 0.2) is 0 Å². The van der Waals surface area contributed by atoms with Gasteiger partial charge in [0.2, 0.25) is 5.91 Å². The second-order valence-electron chi connectivity index (χ2n) is 4.45. The fraction of sp³-hybridized carbons (Fsp3) is 0.917. The summed E-state index contributed by atoms with van der Waals surface area (Å²) in [5, 5.41) is 0. The number of carbonyl (C=O) groups excluding carboxylic acids is 1. The highest BCUT2D eigenvalue weighted by Gasteiger charge is 2.21. The van der Waals surface area contributed by atoms with E-state index >= 15 is 0 Å². The van der Waals surface area contributed by atoms with E-state index < -0.39 is 0 Å². The monoisotopic (exact) mass is 228 g/mol. The number of hydrogen-bond acceptors (Lipinski definition) is 3. The molecule has 1 amide bonds. The van der Waals surface area contributed by atoms with Crippen LogP contribution in [0.15, 0.2) is 0 Å². The van der Waals surface area contributed by atoms with E-state index in [1.807, 2.05) is 11.9 Å². The molecule has 0 spiro atoms. The average Bonchev–Trinajstić information content (AvgIpc) is 2.34. The fourth-order valence-corrected chi connectivity index (χ4v) is 2.05. The van der Waals surface area contributed by atoms with Gasteiger partial charge in [0.25, 0.3) is 0 Å². The zero-order chi connectivity index (χ0) is 11.8. The summed E-state index contributed by atoms with van der Waals surface area (Å²) < 4.78 is 5.29. The summed E-state index contributed by atoms with van der Waals surface area (Å²) in [6, 6.07) is 0.385. The van der Waals surface area contributed by atoms with E-state index in [0.717, 1.165) is 51.9 Å². The highest BCUT2D eigenvalue weighted by atomic mass is 16.5. The largest absolute Gasteiger partial charge is 0.381 e. The van der Waals surface area contributed by atoms with Crippen LogP contribution in [-0.4, -0.2) is 43.7 Å². The van der Waals surface area contributed by atoms with Gasteiger partial charge in [0.05, 0.1) is 0 Å². The van der Waals surface area contributed by atoms with Crippen molar-refractivity contribution in [3.8, 4) is 0 Å². The van der Waals surface area contributed by atoms with Crippen molar-refractivity contribution in [2.24, 2.45) is 5.73 Å². The SMILES string of the molecule is CN(C(=O)CCCCCN)C1CCOCC1. The lowest BCUT2D eigenvalue weighted by Crippen LogP contribution is -2.40. The molecule has 0 bridgehead atoms. The summed E-state index contributed by atoms with van der Waals surface area (Å²) in [4.78, 5) is 13.8. The second kappa shape index (κ2) is 7.63. The van der Waals surface area contributed by atoms with Gasteiger partial charge in [0.1, 0.15) is 0 Å².